The summed E-state index contributed by atoms with van der Waals surface area (Å²) in [6, 6.07) is 6.19. The molecule has 1 rings (SSSR count). The Bertz CT molecular complexity index is 517. The van der Waals surface area contributed by atoms with Crippen LogP contribution in [-0.4, -0.2) is 26.4 Å². The molecule has 0 aromatic carbocycles. The molecule has 0 fully saturated rings. The Labute approximate surface area is 199 Å². The van der Waals surface area contributed by atoms with Gasteiger partial charge in [-0.1, -0.05) is 103 Å². The highest BCUT2D eigenvalue weighted by Gasteiger charge is 2.00. The molecule has 184 valence electrons. The van der Waals surface area contributed by atoms with E-state index in [1.165, 1.54) is 89.9 Å². The molecule has 1 heterocycles. The van der Waals surface area contributed by atoms with Gasteiger partial charge >= 0.3 is 0 Å². The average Bonchev–Trinajstić information content (AvgIpc) is 2.81. The van der Waals surface area contributed by atoms with Crippen LogP contribution in [0.1, 0.15) is 110 Å². The Kier molecular flexibility index (Phi) is 20.7. The fourth-order valence-electron chi connectivity index (χ4n) is 3.96. The standard InChI is InChI=1S/C29H52NO2/c1-3-4-5-6-7-8-9-10-11-12-13-14-15-20-25-31-27-29(2)28-32-26-21-19-24-30-22-17-16-18-23-30/h16-18,22-23H,2-15,19-21,24-28H2,1H3/q+1. The van der Waals surface area contributed by atoms with E-state index in [0.717, 1.165) is 38.2 Å². The summed E-state index contributed by atoms with van der Waals surface area (Å²) in [4.78, 5) is 0. The molecule has 0 amide bonds. The van der Waals surface area contributed by atoms with Gasteiger partial charge in [-0.25, -0.2) is 4.57 Å². The third-order valence-electron chi connectivity index (χ3n) is 5.99. The lowest BCUT2D eigenvalue weighted by Gasteiger charge is -2.08. The van der Waals surface area contributed by atoms with Crippen molar-refractivity contribution in [3.63, 3.8) is 0 Å². The molecule has 1 aromatic rings. The molecular weight excluding hydrogens is 394 g/mol. The first kappa shape index (κ1) is 28.8. The van der Waals surface area contributed by atoms with Crippen molar-refractivity contribution in [2.24, 2.45) is 0 Å². The van der Waals surface area contributed by atoms with Crippen molar-refractivity contribution in [3.05, 3.63) is 42.7 Å². The van der Waals surface area contributed by atoms with Crippen LogP contribution in [0.2, 0.25) is 0 Å². The SMILES string of the molecule is C=C(COCCCCCCCCCCCCCCCC)COCCCC[n+]1ccccc1. The molecule has 0 aliphatic heterocycles. The first-order chi connectivity index (χ1) is 15.8. The lowest BCUT2D eigenvalue weighted by atomic mass is 10.0. The van der Waals surface area contributed by atoms with Crippen molar-refractivity contribution in [2.45, 2.75) is 116 Å². The quantitative estimate of drug-likeness (QED) is 0.0917. The number of unbranched alkanes of at least 4 members (excludes halogenated alkanes) is 14. The third-order valence-corrected chi connectivity index (χ3v) is 5.99. The monoisotopic (exact) mass is 446 g/mol. The summed E-state index contributed by atoms with van der Waals surface area (Å²) in [6.07, 6.45) is 25.9. The largest absolute Gasteiger partial charge is 0.377 e. The van der Waals surface area contributed by atoms with E-state index in [1.54, 1.807) is 0 Å². The second kappa shape index (κ2) is 23.0. The number of hydrogen-bond donors (Lipinski definition) is 0. The highest BCUT2D eigenvalue weighted by atomic mass is 16.5. The minimum atomic E-state index is 0.622. The van der Waals surface area contributed by atoms with Crippen LogP contribution in [0.3, 0.4) is 0 Å². The van der Waals surface area contributed by atoms with Gasteiger partial charge in [-0.15, -0.1) is 0 Å². The molecule has 0 atom stereocenters. The minimum absolute atomic E-state index is 0.622. The van der Waals surface area contributed by atoms with Gasteiger partial charge in [-0.2, -0.15) is 0 Å². The Morgan fingerprint density at radius 1 is 0.594 bits per heavy atom. The second-order valence-electron chi connectivity index (χ2n) is 9.27. The van der Waals surface area contributed by atoms with Crippen molar-refractivity contribution >= 4 is 0 Å². The maximum atomic E-state index is 5.76. The van der Waals surface area contributed by atoms with E-state index in [4.69, 9.17) is 9.47 Å². The van der Waals surface area contributed by atoms with Crippen LogP contribution in [0.15, 0.2) is 42.7 Å². The van der Waals surface area contributed by atoms with E-state index < -0.39 is 0 Å². The van der Waals surface area contributed by atoms with E-state index in [9.17, 15) is 0 Å². The van der Waals surface area contributed by atoms with Crippen LogP contribution >= 0.6 is 0 Å². The molecule has 0 spiro atoms. The molecule has 3 nitrogen and oxygen atoms in total. The Balaban J connectivity index is 1.73. The zero-order valence-corrected chi connectivity index (χ0v) is 21.2. The molecule has 0 aliphatic rings. The molecule has 0 unspecified atom stereocenters. The number of rotatable bonds is 24. The van der Waals surface area contributed by atoms with Gasteiger partial charge in [0.25, 0.3) is 0 Å². The zero-order valence-electron chi connectivity index (χ0n) is 21.2. The van der Waals surface area contributed by atoms with Crippen LogP contribution in [0.25, 0.3) is 0 Å². The summed E-state index contributed by atoms with van der Waals surface area (Å²) >= 11 is 0. The molecule has 0 aliphatic carbocycles. The van der Waals surface area contributed by atoms with Crippen molar-refractivity contribution in [1.82, 2.24) is 0 Å². The molecule has 0 bridgehead atoms. The smallest absolute Gasteiger partial charge is 0.168 e. The summed E-state index contributed by atoms with van der Waals surface area (Å²) in [6.45, 7) is 10.3. The molecular formula is C29H52NO2+. The summed E-state index contributed by atoms with van der Waals surface area (Å²) in [5.74, 6) is 0. The molecule has 0 radical (unpaired) electrons. The second-order valence-corrected chi connectivity index (χ2v) is 9.27. The summed E-state index contributed by atoms with van der Waals surface area (Å²) in [5.41, 5.74) is 1.05. The predicted molar refractivity (Wildman–Crippen MR) is 137 cm³/mol. The topological polar surface area (TPSA) is 22.3 Å². The Morgan fingerprint density at radius 2 is 1.03 bits per heavy atom. The molecule has 1 aromatic heterocycles. The Morgan fingerprint density at radius 3 is 1.53 bits per heavy atom. The van der Waals surface area contributed by atoms with E-state index in [2.05, 4.69) is 42.6 Å². The highest BCUT2D eigenvalue weighted by molar-refractivity contribution is 4.94. The maximum absolute atomic E-state index is 5.76. The number of ether oxygens (including phenoxy) is 2. The fourth-order valence-corrected chi connectivity index (χ4v) is 3.96. The van der Waals surface area contributed by atoms with Crippen molar-refractivity contribution in [3.8, 4) is 0 Å². The molecule has 0 saturated heterocycles. The summed E-state index contributed by atoms with van der Waals surface area (Å²) < 4.78 is 13.7. The van der Waals surface area contributed by atoms with Gasteiger partial charge in [-0.05, 0) is 18.4 Å². The van der Waals surface area contributed by atoms with E-state index >= 15 is 0 Å². The van der Waals surface area contributed by atoms with Crippen LogP contribution < -0.4 is 4.57 Å². The number of aromatic nitrogens is 1. The third kappa shape index (κ3) is 19.5. The first-order valence-corrected chi connectivity index (χ1v) is 13.6. The number of pyridine rings is 1. The van der Waals surface area contributed by atoms with Crippen LogP contribution in [0, 0.1) is 0 Å². The van der Waals surface area contributed by atoms with Gasteiger partial charge in [0.1, 0.15) is 6.54 Å². The number of aryl methyl sites for hydroxylation is 1. The van der Waals surface area contributed by atoms with Crippen LogP contribution in [0.4, 0.5) is 0 Å². The highest BCUT2D eigenvalue weighted by Crippen LogP contribution is 2.13. The van der Waals surface area contributed by atoms with Crippen molar-refractivity contribution in [2.75, 3.05) is 26.4 Å². The Hall–Kier alpha value is -1.19. The molecule has 3 heteroatoms. The van der Waals surface area contributed by atoms with Crippen LogP contribution in [0.5, 0.6) is 0 Å². The average molecular weight is 447 g/mol. The zero-order chi connectivity index (χ0) is 23.0. The van der Waals surface area contributed by atoms with Gasteiger partial charge in [0.15, 0.2) is 12.4 Å². The number of hydrogen-bond acceptors (Lipinski definition) is 2. The van der Waals surface area contributed by atoms with Gasteiger partial charge in [0.05, 0.1) is 13.2 Å². The first-order valence-electron chi connectivity index (χ1n) is 13.6. The predicted octanol–water partition coefficient (Wildman–Crippen LogP) is 7.83. The minimum Gasteiger partial charge on any atom is -0.377 e. The molecule has 0 N–H and O–H groups in total. The van der Waals surface area contributed by atoms with Crippen molar-refractivity contribution in [1.29, 1.82) is 0 Å². The van der Waals surface area contributed by atoms with Gasteiger partial charge < -0.3 is 9.47 Å². The van der Waals surface area contributed by atoms with Gasteiger partial charge in [-0.3, -0.25) is 0 Å². The van der Waals surface area contributed by atoms with E-state index in [-0.39, 0.29) is 0 Å². The van der Waals surface area contributed by atoms with E-state index in [0.29, 0.717) is 13.2 Å². The molecule has 32 heavy (non-hydrogen) atoms. The number of nitrogens with zero attached hydrogens (tertiary/aromatic N) is 1. The van der Waals surface area contributed by atoms with E-state index in [1.807, 2.05) is 6.07 Å². The summed E-state index contributed by atoms with van der Waals surface area (Å²) in [5, 5.41) is 0. The lowest BCUT2D eigenvalue weighted by Crippen LogP contribution is -2.32. The van der Waals surface area contributed by atoms with Crippen molar-refractivity contribution < 1.29 is 14.0 Å². The maximum Gasteiger partial charge on any atom is 0.168 e. The van der Waals surface area contributed by atoms with Gasteiger partial charge in [0.2, 0.25) is 0 Å². The summed E-state index contributed by atoms with van der Waals surface area (Å²) in [7, 11) is 0. The van der Waals surface area contributed by atoms with Gasteiger partial charge in [0, 0.05) is 31.8 Å². The normalized spacial score (nSPS) is 11.2. The lowest BCUT2D eigenvalue weighted by molar-refractivity contribution is -0.697. The molecule has 0 saturated carbocycles. The van der Waals surface area contributed by atoms with Crippen LogP contribution in [-0.2, 0) is 16.0 Å². The fraction of sp³-hybridized carbons (Fsp3) is 0.759.